The molecule has 0 N–H and O–H groups in total. The number of amides is 4. The Balaban J connectivity index is 2.13. The van der Waals surface area contributed by atoms with E-state index in [2.05, 4.69) is 0 Å². The van der Waals surface area contributed by atoms with Crippen molar-refractivity contribution >= 4 is 34.4 Å². The molecule has 0 radical (unpaired) electrons. The highest BCUT2D eigenvalue weighted by molar-refractivity contribution is 6.33. The van der Waals surface area contributed by atoms with E-state index in [9.17, 15) is 19.2 Å². The van der Waals surface area contributed by atoms with Crippen LogP contribution < -0.4 is 0 Å². The molecular weight excluding hydrogens is 432 g/mol. The second-order valence-electron chi connectivity index (χ2n) is 7.74. The van der Waals surface area contributed by atoms with Crippen molar-refractivity contribution in [1.29, 1.82) is 0 Å². The molecule has 4 rings (SSSR count). The molecule has 2 aliphatic heterocycles. The number of unbranched alkanes of at least 4 members (excludes halogenated alkanes) is 2. The van der Waals surface area contributed by atoms with Gasteiger partial charge >= 0.3 is 0 Å². The van der Waals surface area contributed by atoms with Gasteiger partial charge in [-0.2, -0.15) is 0 Å². The molecule has 0 unspecified atom stereocenters. The summed E-state index contributed by atoms with van der Waals surface area (Å²) in [7, 11) is 0. The van der Waals surface area contributed by atoms with E-state index in [1.165, 1.54) is 0 Å². The van der Waals surface area contributed by atoms with Crippen LogP contribution >= 0.6 is 0 Å². The summed E-state index contributed by atoms with van der Waals surface area (Å²) in [6.45, 7) is 3.06. The lowest BCUT2D eigenvalue weighted by Crippen LogP contribution is -2.46. The Morgan fingerprint density at radius 1 is 0.531 bits per heavy atom. The first-order chi connectivity index (χ1) is 15.2. The molecule has 0 saturated carbocycles. The normalized spacial score (nSPS) is 15.4. The maximum absolute atomic E-state index is 15.1. The molecule has 0 fully saturated rings. The van der Waals surface area contributed by atoms with Crippen molar-refractivity contribution in [3.05, 3.63) is 45.5 Å². The van der Waals surface area contributed by atoms with Gasteiger partial charge in [0.25, 0.3) is 23.6 Å². The van der Waals surface area contributed by atoms with Gasteiger partial charge in [-0.3, -0.25) is 29.0 Å². The minimum atomic E-state index is -1.75. The number of hydrogen-bond donors (Lipinski definition) is 0. The summed E-state index contributed by atoms with van der Waals surface area (Å²) in [6, 6.07) is 0. The van der Waals surface area contributed by atoms with Gasteiger partial charge in [0.05, 0.1) is 22.3 Å². The summed E-state index contributed by atoms with van der Waals surface area (Å²) in [5.74, 6) is -11.9. The molecule has 0 aliphatic carbocycles. The van der Waals surface area contributed by atoms with Gasteiger partial charge in [-0.25, -0.2) is 17.6 Å². The average Bonchev–Trinajstić information content (AvgIpc) is 2.75. The molecule has 168 valence electrons. The number of benzene rings is 2. The Hall–Kier alpha value is -3.30. The number of carbonyl (C=O) groups is 4. The number of rotatable bonds is 6. The Morgan fingerprint density at radius 3 is 1.00 bits per heavy atom. The third-order valence-electron chi connectivity index (χ3n) is 5.82. The number of hydrogen-bond acceptors (Lipinski definition) is 4. The topological polar surface area (TPSA) is 74.8 Å². The van der Waals surface area contributed by atoms with E-state index in [1.807, 2.05) is 0 Å². The summed E-state index contributed by atoms with van der Waals surface area (Å²) < 4.78 is 60.4. The van der Waals surface area contributed by atoms with Crippen molar-refractivity contribution in [2.45, 2.75) is 39.5 Å². The molecule has 0 atom stereocenters. The molecule has 0 spiro atoms. The summed E-state index contributed by atoms with van der Waals surface area (Å²) in [5.41, 5.74) is -3.96. The summed E-state index contributed by atoms with van der Waals surface area (Å²) in [6.07, 6.45) is 1.65. The Bertz CT molecular complexity index is 1060. The van der Waals surface area contributed by atoms with Gasteiger partial charge in [-0.05, 0) is 12.8 Å². The van der Waals surface area contributed by atoms with Crippen LogP contribution in [0.2, 0.25) is 0 Å². The number of carbonyl (C=O) groups excluding carboxylic acids is 4. The second-order valence-corrected chi connectivity index (χ2v) is 7.74. The minimum Gasteiger partial charge on any atom is -0.274 e. The zero-order valence-electron chi connectivity index (χ0n) is 17.3. The van der Waals surface area contributed by atoms with Crippen LogP contribution in [-0.4, -0.2) is 46.5 Å². The lowest BCUT2D eigenvalue weighted by molar-refractivity contribution is 0.0574. The van der Waals surface area contributed by atoms with Crippen LogP contribution in [0.1, 0.15) is 81.0 Å². The van der Waals surface area contributed by atoms with E-state index in [4.69, 9.17) is 0 Å². The molecule has 2 heterocycles. The van der Waals surface area contributed by atoms with E-state index in [0.717, 1.165) is 0 Å². The number of halogens is 4. The SMILES string of the molecule is CCCCN1C(=O)c2c(F)c(F)c3c4c(c(F)c(F)c(c24)C1=O)C(=O)N(CCCC)C3=O. The molecular formula is C22H18F4N2O4. The number of nitrogens with zero attached hydrogens (tertiary/aromatic N) is 2. The van der Waals surface area contributed by atoms with Gasteiger partial charge in [0.1, 0.15) is 0 Å². The van der Waals surface area contributed by atoms with Gasteiger partial charge in [-0.1, -0.05) is 26.7 Å². The van der Waals surface area contributed by atoms with Crippen LogP contribution in [0.25, 0.3) is 10.8 Å². The summed E-state index contributed by atoms with van der Waals surface area (Å²) >= 11 is 0. The maximum Gasteiger partial charge on any atom is 0.264 e. The van der Waals surface area contributed by atoms with Gasteiger partial charge in [0.15, 0.2) is 23.3 Å². The molecule has 10 heteroatoms. The van der Waals surface area contributed by atoms with Crippen LogP contribution in [-0.2, 0) is 0 Å². The predicted octanol–water partition coefficient (Wildman–Crippen LogP) is 4.19. The highest BCUT2D eigenvalue weighted by Crippen LogP contribution is 2.43. The first-order valence-electron chi connectivity index (χ1n) is 10.3. The molecule has 4 amide bonds. The Labute approximate surface area is 179 Å². The predicted molar refractivity (Wildman–Crippen MR) is 104 cm³/mol. The summed E-state index contributed by atoms with van der Waals surface area (Å²) in [4.78, 5) is 52.6. The van der Waals surface area contributed by atoms with Crippen molar-refractivity contribution in [2.24, 2.45) is 0 Å². The van der Waals surface area contributed by atoms with Crippen molar-refractivity contribution < 1.29 is 36.7 Å². The Morgan fingerprint density at radius 2 is 0.781 bits per heavy atom. The van der Waals surface area contributed by atoms with Crippen molar-refractivity contribution in [3.8, 4) is 0 Å². The van der Waals surface area contributed by atoms with E-state index in [-0.39, 0.29) is 13.1 Å². The molecule has 2 aromatic rings. The zero-order chi connectivity index (χ0) is 23.5. The van der Waals surface area contributed by atoms with Crippen molar-refractivity contribution in [3.63, 3.8) is 0 Å². The third kappa shape index (κ3) is 2.71. The third-order valence-corrected chi connectivity index (χ3v) is 5.82. The summed E-state index contributed by atoms with van der Waals surface area (Å²) in [5, 5.41) is -1.49. The molecule has 2 aromatic carbocycles. The minimum absolute atomic E-state index is 0.219. The molecule has 2 aliphatic rings. The highest BCUT2D eigenvalue weighted by atomic mass is 19.2. The quantitative estimate of drug-likeness (QED) is 0.489. The first kappa shape index (κ1) is 21.9. The van der Waals surface area contributed by atoms with Gasteiger partial charge in [0.2, 0.25) is 0 Å². The van der Waals surface area contributed by atoms with E-state index in [1.54, 1.807) is 13.8 Å². The molecule has 0 bridgehead atoms. The Kier molecular flexibility index (Phi) is 5.26. The standard InChI is InChI=1S/C22H18F4N2O4/c1-3-5-7-27-19(29)11-9-10-13(17(25)15(11)23)21(31)28(8-6-4-2)22(32)14(10)18(26)16(24)12(9)20(27)30/h3-8H2,1-2H3. The molecule has 6 nitrogen and oxygen atoms in total. The first-order valence-corrected chi connectivity index (χ1v) is 10.3. The monoisotopic (exact) mass is 450 g/mol. The van der Waals surface area contributed by atoms with Gasteiger partial charge in [0, 0.05) is 23.9 Å². The van der Waals surface area contributed by atoms with Crippen molar-refractivity contribution in [2.75, 3.05) is 13.1 Å². The van der Waals surface area contributed by atoms with Crippen LogP contribution in [0, 0.1) is 23.3 Å². The fourth-order valence-electron chi connectivity index (χ4n) is 4.19. The lowest BCUT2D eigenvalue weighted by atomic mass is 9.84. The van der Waals surface area contributed by atoms with E-state index < -0.39 is 79.9 Å². The van der Waals surface area contributed by atoms with E-state index >= 15 is 17.6 Å². The molecule has 32 heavy (non-hydrogen) atoms. The van der Waals surface area contributed by atoms with Crippen LogP contribution in [0.15, 0.2) is 0 Å². The molecule has 0 saturated heterocycles. The van der Waals surface area contributed by atoms with Crippen LogP contribution in [0.3, 0.4) is 0 Å². The zero-order valence-corrected chi connectivity index (χ0v) is 17.3. The second kappa shape index (κ2) is 7.68. The highest BCUT2D eigenvalue weighted by Gasteiger charge is 2.47. The maximum atomic E-state index is 15.1. The van der Waals surface area contributed by atoms with Crippen LogP contribution in [0.5, 0.6) is 0 Å². The van der Waals surface area contributed by atoms with Gasteiger partial charge in [-0.15, -0.1) is 0 Å². The van der Waals surface area contributed by atoms with Crippen molar-refractivity contribution in [1.82, 2.24) is 9.80 Å². The van der Waals surface area contributed by atoms with Gasteiger partial charge < -0.3 is 0 Å². The largest absolute Gasteiger partial charge is 0.274 e. The van der Waals surface area contributed by atoms with Crippen LogP contribution in [0.4, 0.5) is 17.6 Å². The molecule has 0 aromatic heterocycles. The fraction of sp³-hybridized carbons (Fsp3) is 0.364. The lowest BCUT2D eigenvalue weighted by Gasteiger charge is -2.33. The van der Waals surface area contributed by atoms with E-state index in [0.29, 0.717) is 35.5 Å². The smallest absolute Gasteiger partial charge is 0.264 e. The average molecular weight is 450 g/mol. The number of imide groups is 2. The fourth-order valence-corrected chi connectivity index (χ4v) is 4.19.